The summed E-state index contributed by atoms with van der Waals surface area (Å²) in [5, 5.41) is 2.74. The molecule has 2 rings (SSSR count). The molecule has 1 aromatic carbocycles. The Morgan fingerprint density at radius 2 is 1.84 bits per heavy atom. The number of aromatic nitrogens is 1. The lowest BCUT2D eigenvalue weighted by Crippen LogP contribution is -2.17. The zero-order chi connectivity index (χ0) is 18.6. The first-order valence-corrected chi connectivity index (χ1v) is 9.85. The molecule has 25 heavy (non-hydrogen) atoms. The number of ether oxygens (including phenoxy) is 1. The molecule has 7 nitrogen and oxygen atoms in total. The smallest absolute Gasteiger partial charge is 0.350 e. The number of methoxy groups -OCH3 is 1. The highest BCUT2D eigenvalue weighted by Crippen LogP contribution is 2.23. The van der Waals surface area contributed by atoms with Crippen molar-refractivity contribution in [2.45, 2.75) is 25.2 Å². The maximum atomic E-state index is 12.2. The van der Waals surface area contributed by atoms with Crippen molar-refractivity contribution in [3.63, 3.8) is 0 Å². The Balaban J connectivity index is 1.99. The van der Waals surface area contributed by atoms with Crippen LogP contribution in [0.1, 0.15) is 27.3 Å². The molecule has 1 N–H and O–H groups in total. The minimum atomic E-state index is -3.54. The Morgan fingerprint density at radius 3 is 2.44 bits per heavy atom. The van der Waals surface area contributed by atoms with Gasteiger partial charge >= 0.3 is 5.97 Å². The summed E-state index contributed by atoms with van der Waals surface area (Å²) in [7, 11) is -2.28. The predicted octanol–water partition coefficient (Wildman–Crippen LogP) is 2.35. The fourth-order valence-electron chi connectivity index (χ4n) is 2.00. The summed E-state index contributed by atoms with van der Waals surface area (Å²) in [6.45, 7) is 3.49. The summed E-state index contributed by atoms with van der Waals surface area (Å²) in [6, 6.07) is 6.46. The second-order valence-corrected chi connectivity index (χ2v) is 8.46. The molecular formula is C16H18N2O5S2. The molecule has 0 saturated carbocycles. The van der Waals surface area contributed by atoms with Crippen LogP contribution in [-0.4, -0.2) is 38.1 Å². The van der Waals surface area contributed by atoms with E-state index >= 15 is 0 Å². The van der Waals surface area contributed by atoms with Crippen LogP contribution in [0.25, 0.3) is 0 Å². The maximum absolute atomic E-state index is 12.2. The highest BCUT2D eigenvalue weighted by atomic mass is 32.2. The van der Waals surface area contributed by atoms with E-state index in [1.807, 2.05) is 6.92 Å². The van der Waals surface area contributed by atoms with Gasteiger partial charge in [-0.2, -0.15) is 0 Å². The van der Waals surface area contributed by atoms with Crippen LogP contribution in [0, 0.1) is 13.8 Å². The number of amides is 1. The van der Waals surface area contributed by atoms with Crippen molar-refractivity contribution in [2.24, 2.45) is 0 Å². The molecule has 0 saturated heterocycles. The van der Waals surface area contributed by atoms with Gasteiger partial charge in [0.1, 0.15) is 4.88 Å². The van der Waals surface area contributed by atoms with E-state index in [1.165, 1.54) is 19.2 Å². The second-order valence-electron chi connectivity index (χ2n) is 5.36. The molecule has 0 atom stereocenters. The zero-order valence-electron chi connectivity index (χ0n) is 14.0. The first-order valence-electron chi connectivity index (χ1n) is 7.38. The van der Waals surface area contributed by atoms with Crippen LogP contribution < -0.4 is 5.32 Å². The Hall–Kier alpha value is -2.26. The van der Waals surface area contributed by atoms with E-state index < -0.39 is 21.7 Å². The highest BCUT2D eigenvalue weighted by Gasteiger charge is 2.19. The van der Waals surface area contributed by atoms with E-state index in [9.17, 15) is 18.0 Å². The number of carbonyl (C=O) groups excluding carboxylic acids is 2. The van der Waals surface area contributed by atoms with Crippen molar-refractivity contribution < 1.29 is 22.7 Å². The third-order valence-electron chi connectivity index (χ3n) is 3.39. The first kappa shape index (κ1) is 19.1. The van der Waals surface area contributed by atoms with E-state index in [2.05, 4.69) is 15.0 Å². The number of hydrogen-bond acceptors (Lipinski definition) is 7. The molecule has 2 aromatic rings. The number of nitrogens with one attached hydrogen (secondary N) is 1. The fraction of sp³-hybridized carbons (Fsp3) is 0.312. The summed E-state index contributed by atoms with van der Waals surface area (Å²) in [5.74, 6) is -1.32. The number of aryl methyl sites for hydroxylation is 2. The third-order valence-corrected chi connectivity index (χ3v) is 6.18. The number of esters is 1. The Labute approximate surface area is 150 Å². The molecule has 134 valence electrons. The summed E-state index contributed by atoms with van der Waals surface area (Å²) < 4.78 is 29.1. The van der Waals surface area contributed by atoms with Gasteiger partial charge in [-0.05, 0) is 26.0 Å². The van der Waals surface area contributed by atoms with Crippen LogP contribution in [-0.2, 0) is 19.4 Å². The lowest BCUT2D eigenvalue weighted by atomic mass is 10.2. The van der Waals surface area contributed by atoms with Crippen LogP contribution in [0.2, 0.25) is 0 Å². The number of anilines is 1. The first-order chi connectivity index (χ1) is 11.7. The monoisotopic (exact) mass is 382 g/mol. The van der Waals surface area contributed by atoms with Crippen molar-refractivity contribution >= 4 is 38.2 Å². The van der Waals surface area contributed by atoms with Gasteiger partial charge in [0.05, 0.1) is 23.5 Å². The summed E-state index contributed by atoms with van der Waals surface area (Å²) in [4.78, 5) is 28.1. The van der Waals surface area contributed by atoms with Crippen LogP contribution in [0.15, 0.2) is 29.2 Å². The van der Waals surface area contributed by atoms with Crippen LogP contribution in [0.4, 0.5) is 5.13 Å². The highest BCUT2D eigenvalue weighted by molar-refractivity contribution is 7.91. The van der Waals surface area contributed by atoms with Crippen LogP contribution >= 0.6 is 11.3 Å². The quantitative estimate of drug-likeness (QED) is 0.770. The molecule has 0 radical (unpaired) electrons. The standard InChI is InChI=1S/C16H18N2O5S2/c1-10-4-6-12(7-5-10)25(21,22)9-8-13(19)18-16-17-11(2)14(24-16)15(20)23-3/h4-7H,8-9H2,1-3H3,(H,17,18,19). The number of thiazole rings is 1. The molecule has 1 amide bonds. The molecule has 0 spiro atoms. The Morgan fingerprint density at radius 1 is 1.20 bits per heavy atom. The number of hydrogen-bond donors (Lipinski definition) is 1. The molecule has 0 aliphatic carbocycles. The molecule has 0 aliphatic heterocycles. The molecule has 0 fully saturated rings. The van der Waals surface area contributed by atoms with Gasteiger partial charge in [0.15, 0.2) is 15.0 Å². The van der Waals surface area contributed by atoms with Crippen molar-refractivity contribution in [1.82, 2.24) is 4.98 Å². The molecular weight excluding hydrogens is 364 g/mol. The number of benzene rings is 1. The molecule has 1 heterocycles. The fourth-order valence-corrected chi connectivity index (χ4v) is 4.15. The van der Waals surface area contributed by atoms with E-state index in [1.54, 1.807) is 19.1 Å². The van der Waals surface area contributed by atoms with Crippen molar-refractivity contribution in [3.8, 4) is 0 Å². The maximum Gasteiger partial charge on any atom is 0.350 e. The minimum absolute atomic E-state index is 0.184. The topological polar surface area (TPSA) is 102 Å². The molecule has 0 unspecified atom stereocenters. The number of sulfone groups is 1. The predicted molar refractivity (Wildman–Crippen MR) is 94.7 cm³/mol. The van der Waals surface area contributed by atoms with Gasteiger partial charge in [-0.1, -0.05) is 29.0 Å². The van der Waals surface area contributed by atoms with Crippen LogP contribution in [0.5, 0.6) is 0 Å². The summed E-state index contributed by atoms with van der Waals surface area (Å²) in [6.07, 6.45) is -0.206. The lowest BCUT2D eigenvalue weighted by molar-refractivity contribution is -0.115. The largest absolute Gasteiger partial charge is 0.465 e. The molecule has 1 aromatic heterocycles. The zero-order valence-corrected chi connectivity index (χ0v) is 15.7. The summed E-state index contributed by atoms with van der Waals surface area (Å²) in [5.41, 5.74) is 1.40. The summed E-state index contributed by atoms with van der Waals surface area (Å²) >= 11 is 0.985. The normalized spacial score (nSPS) is 11.2. The Kier molecular flexibility index (Phi) is 5.91. The lowest BCUT2D eigenvalue weighted by Gasteiger charge is -2.05. The average molecular weight is 382 g/mol. The van der Waals surface area contributed by atoms with Gasteiger partial charge in [0.25, 0.3) is 0 Å². The van der Waals surface area contributed by atoms with Gasteiger partial charge < -0.3 is 10.1 Å². The minimum Gasteiger partial charge on any atom is -0.465 e. The molecule has 0 bridgehead atoms. The SMILES string of the molecule is COC(=O)c1sc(NC(=O)CCS(=O)(=O)c2ccc(C)cc2)nc1C. The van der Waals surface area contributed by atoms with E-state index in [0.717, 1.165) is 16.9 Å². The van der Waals surface area contributed by atoms with Gasteiger partial charge in [-0.25, -0.2) is 18.2 Å². The number of nitrogens with zero attached hydrogens (tertiary/aromatic N) is 1. The third kappa shape index (κ3) is 4.86. The van der Waals surface area contributed by atoms with Gasteiger partial charge in [-0.3, -0.25) is 4.79 Å². The molecule has 0 aliphatic rings. The van der Waals surface area contributed by atoms with Crippen molar-refractivity contribution in [2.75, 3.05) is 18.2 Å². The van der Waals surface area contributed by atoms with E-state index in [-0.39, 0.29) is 22.2 Å². The van der Waals surface area contributed by atoms with Crippen molar-refractivity contribution in [1.29, 1.82) is 0 Å². The van der Waals surface area contributed by atoms with E-state index in [0.29, 0.717) is 10.6 Å². The number of rotatable bonds is 6. The van der Waals surface area contributed by atoms with Gasteiger partial charge in [0.2, 0.25) is 5.91 Å². The van der Waals surface area contributed by atoms with Gasteiger partial charge in [0, 0.05) is 6.42 Å². The van der Waals surface area contributed by atoms with E-state index in [4.69, 9.17) is 0 Å². The van der Waals surface area contributed by atoms with Crippen LogP contribution in [0.3, 0.4) is 0 Å². The molecule has 9 heteroatoms. The Bertz CT molecular complexity index is 886. The van der Waals surface area contributed by atoms with Gasteiger partial charge in [-0.15, -0.1) is 0 Å². The second kappa shape index (κ2) is 7.75. The number of carbonyl (C=O) groups is 2. The average Bonchev–Trinajstić information content (AvgIpc) is 2.93. The van der Waals surface area contributed by atoms with Crippen molar-refractivity contribution in [3.05, 3.63) is 40.4 Å².